The molecule has 1 saturated heterocycles. The third-order valence-corrected chi connectivity index (χ3v) is 2.11. The molecule has 0 spiro atoms. The van der Waals surface area contributed by atoms with Gasteiger partial charge in [0.05, 0.1) is 6.10 Å². The van der Waals surface area contributed by atoms with E-state index in [1.807, 2.05) is 12.1 Å². The first-order valence-electron chi connectivity index (χ1n) is 4.59. The van der Waals surface area contributed by atoms with Gasteiger partial charge >= 0.3 is 0 Å². The lowest BCUT2D eigenvalue weighted by molar-refractivity contribution is 0.0679. The summed E-state index contributed by atoms with van der Waals surface area (Å²) in [5, 5.41) is 0. The van der Waals surface area contributed by atoms with Crippen LogP contribution < -0.4 is 4.74 Å². The van der Waals surface area contributed by atoms with E-state index in [1.54, 1.807) is 12.4 Å². The van der Waals surface area contributed by atoms with Crippen LogP contribution in [0.15, 0.2) is 24.5 Å². The van der Waals surface area contributed by atoms with Gasteiger partial charge in [0.2, 0.25) is 0 Å². The van der Waals surface area contributed by atoms with Gasteiger partial charge in [0.1, 0.15) is 12.4 Å². The Bertz CT molecular complexity index is 244. The van der Waals surface area contributed by atoms with Gasteiger partial charge in [-0.1, -0.05) is 0 Å². The highest BCUT2D eigenvalue weighted by Crippen LogP contribution is 2.14. The number of pyridine rings is 1. The highest BCUT2D eigenvalue weighted by molar-refractivity contribution is 5.16. The number of aromatic nitrogens is 1. The third-order valence-electron chi connectivity index (χ3n) is 2.11. The van der Waals surface area contributed by atoms with Crippen molar-refractivity contribution in [2.45, 2.75) is 18.9 Å². The average Bonchev–Trinajstić information content (AvgIpc) is 2.69. The van der Waals surface area contributed by atoms with E-state index < -0.39 is 0 Å². The second-order valence-electron chi connectivity index (χ2n) is 3.13. The molecule has 3 heteroatoms. The molecule has 1 atom stereocenters. The van der Waals surface area contributed by atoms with Crippen molar-refractivity contribution in [1.29, 1.82) is 0 Å². The molecule has 0 unspecified atom stereocenters. The van der Waals surface area contributed by atoms with Crippen LogP contribution in [-0.2, 0) is 4.74 Å². The van der Waals surface area contributed by atoms with Crippen molar-refractivity contribution >= 4 is 0 Å². The molecule has 0 radical (unpaired) electrons. The van der Waals surface area contributed by atoms with E-state index >= 15 is 0 Å². The van der Waals surface area contributed by atoms with Crippen LogP contribution in [0.2, 0.25) is 0 Å². The number of hydrogen-bond acceptors (Lipinski definition) is 3. The van der Waals surface area contributed by atoms with Crippen molar-refractivity contribution in [3.8, 4) is 5.75 Å². The molecule has 0 bridgehead atoms. The van der Waals surface area contributed by atoms with Crippen LogP contribution in [0.1, 0.15) is 12.8 Å². The molecule has 70 valence electrons. The van der Waals surface area contributed by atoms with Crippen LogP contribution in [0, 0.1) is 0 Å². The Morgan fingerprint density at radius 3 is 3.00 bits per heavy atom. The minimum atomic E-state index is 0.285. The molecule has 0 amide bonds. The molecule has 0 saturated carbocycles. The van der Waals surface area contributed by atoms with E-state index in [2.05, 4.69) is 4.98 Å². The number of ether oxygens (including phenoxy) is 2. The van der Waals surface area contributed by atoms with Crippen LogP contribution in [0.5, 0.6) is 5.75 Å². The number of rotatable bonds is 3. The van der Waals surface area contributed by atoms with Crippen molar-refractivity contribution < 1.29 is 9.47 Å². The Hall–Kier alpha value is -1.09. The van der Waals surface area contributed by atoms with Crippen LogP contribution >= 0.6 is 0 Å². The smallest absolute Gasteiger partial charge is 0.122 e. The van der Waals surface area contributed by atoms with Gasteiger partial charge in [-0.25, -0.2) is 0 Å². The van der Waals surface area contributed by atoms with E-state index in [1.165, 1.54) is 0 Å². The third kappa shape index (κ3) is 2.42. The summed E-state index contributed by atoms with van der Waals surface area (Å²) >= 11 is 0. The van der Waals surface area contributed by atoms with Gasteiger partial charge in [-0.15, -0.1) is 0 Å². The molecule has 1 aromatic heterocycles. The van der Waals surface area contributed by atoms with Crippen molar-refractivity contribution in [2.75, 3.05) is 13.2 Å². The van der Waals surface area contributed by atoms with Gasteiger partial charge < -0.3 is 9.47 Å². The maximum Gasteiger partial charge on any atom is 0.122 e. The molecule has 13 heavy (non-hydrogen) atoms. The Kier molecular flexibility index (Phi) is 2.77. The fourth-order valence-corrected chi connectivity index (χ4v) is 1.40. The summed E-state index contributed by atoms with van der Waals surface area (Å²) in [6.45, 7) is 1.54. The standard InChI is InChI=1S/C10H13NO2/c1-2-10(12-7-1)8-13-9-3-5-11-6-4-9/h3-6,10H,1-2,7-8H2/t10-/m1/s1. The average molecular weight is 179 g/mol. The van der Waals surface area contributed by atoms with E-state index in [4.69, 9.17) is 9.47 Å². The lowest BCUT2D eigenvalue weighted by Crippen LogP contribution is -2.16. The maximum atomic E-state index is 5.52. The van der Waals surface area contributed by atoms with Gasteiger partial charge in [0.25, 0.3) is 0 Å². The van der Waals surface area contributed by atoms with Crippen molar-refractivity contribution in [3.05, 3.63) is 24.5 Å². The normalized spacial score (nSPS) is 21.7. The molecule has 0 aromatic carbocycles. The second kappa shape index (κ2) is 4.23. The van der Waals surface area contributed by atoms with Gasteiger partial charge in [0.15, 0.2) is 0 Å². The predicted octanol–water partition coefficient (Wildman–Crippen LogP) is 1.64. The summed E-state index contributed by atoms with van der Waals surface area (Å²) < 4.78 is 11.0. The lowest BCUT2D eigenvalue weighted by atomic mass is 10.2. The zero-order valence-corrected chi connectivity index (χ0v) is 7.48. The molecular formula is C10H13NO2. The second-order valence-corrected chi connectivity index (χ2v) is 3.13. The minimum absolute atomic E-state index is 0.285. The SMILES string of the molecule is c1cc(OC[C@H]2CCCO2)ccn1. The van der Waals surface area contributed by atoms with Gasteiger partial charge in [-0.2, -0.15) is 0 Å². The fraction of sp³-hybridized carbons (Fsp3) is 0.500. The molecule has 1 fully saturated rings. The molecular weight excluding hydrogens is 166 g/mol. The van der Waals surface area contributed by atoms with Crippen LogP contribution in [0.4, 0.5) is 0 Å². The minimum Gasteiger partial charge on any atom is -0.491 e. The Balaban J connectivity index is 1.79. The van der Waals surface area contributed by atoms with E-state index in [-0.39, 0.29) is 6.10 Å². The lowest BCUT2D eigenvalue weighted by Gasteiger charge is -2.10. The van der Waals surface area contributed by atoms with Gasteiger partial charge in [-0.3, -0.25) is 4.98 Å². The molecule has 3 nitrogen and oxygen atoms in total. The van der Waals surface area contributed by atoms with Crippen LogP contribution in [0.3, 0.4) is 0 Å². The Morgan fingerprint density at radius 1 is 1.46 bits per heavy atom. The molecule has 2 rings (SSSR count). The van der Waals surface area contributed by atoms with Crippen molar-refractivity contribution in [1.82, 2.24) is 4.98 Å². The highest BCUT2D eigenvalue weighted by atomic mass is 16.5. The quantitative estimate of drug-likeness (QED) is 0.706. The topological polar surface area (TPSA) is 31.4 Å². The summed E-state index contributed by atoms with van der Waals surface area (Å²) in [5.74, 6) is 0.866. The molecule has 1 aliphatic heterocycles. The summed E-state index contributed by atoms with van der Waals surface area (Å²) in [4.78, 5) is 3.91. The summed E-state index contributed by atoms with van der Waals surface area (Å²) in [7, 11) is 0. The van der Waals surface area contributed by atoms with Crippen molar-refractivity contribution in [2.24, 2.45) is 0 Å². The molecule has 0 N–H and O–H groups in total. The molecule has 2 heterocycles. The van der Waals surface area contributed by atoms with E-state index in [0.717, 1.165) is 25.2 Å². The number of hydrogen-bond donors (Lipinski definition) is 0. The first-order valence-corrected chi connectivity index (χ1v) is 4.59. The summed E-state index contributed by atoms with van der Waals surface area (Å²) in [6, 6.07) is 3.71. The maximum absolute atomic E-state index is 5.52. The molecule has 0 aliphatic carbocycles. The van der Waals surface area contributed by atoms with E-state index in [0.29, 0.717) is 6.61 Å². The fourth-order valence-electron chi connectivity index (χ4n) is 1.40. The first-order chi connectivity index (χ1) is 6.45. The van der Waals surface area contributed by atoms with Crippen molar-refractivity contribution in [3.63, 3.8) is 0 Å². The van der Waals surface area contributed by atoms with Gasteiger partial charge in [-0.05, 0) is 25.0 Å². The van der Waals surface area contributed by atoms with E-state index in [9.17, 15) is 0 Å². The monoisotopic (exact) mass is 179 g/mol. The predicted molar refractivity (Wildman–Crippen MR) is 48.7 cm³/mol. The number of nitrogens with zero attached hydrogens (tertiary/aromatic N) is 1. The highest BCUT2D eigenvalue weighted by Gasteiger charge is 2.15. The van der Waals surface area contributed by atoms with Crippen LogP contribution in [0.25, 0.3) is 0 Å². The molecule has 1 aliphatic rings. The zero-order valence-electron chi connectivity index (χ0n) is 7.48. The summed E-state index contributed by atoms with van der Waals surface area (Å²) in [5.41, 5.74) is 0. The summed E-state index contributed by atoms with van der Waals surface area (Å²) in [6.07, 6.45) is 6.01. The largest absolute Gasteiger partial charge is 0.491 e. The first kappa shape index (κ1) is 8.51. The Morgan fingerprint density at radius 2 is 2.31 bits per heavy atom. The van der Waals surface area contributed by atoms with Crippen LogP contribution in [-0.4, -0.2) is 24.3 Å². The Labute approximate surface area is 77.7 Å². The van der Waals surface area contributed by atoms with Gasteiger partial charge in [0, 0.05) is 19.0 Å². The molecule has 1 aromatic rings. The zero-order chi connectivity index (χ0) is 8.93.